The second-order valence-electron chi connectivity index (χ2n) is 8.19. The standard InChI is InChI=1S/C23H22N4O4/c28-20-7-6-19(21(29)25-20)27-22(30)16-5-4-15(13-17(16)23(27)31)26-11-8-14(9-12-26)18-3-1-2-10-24-18/h1-5,10,13-14,19H,6-9,11-12H2,(H,25,28,29). The van der Waals surface area contributed by atoms with Crippen molar-refractivity contribution in [2.24, 2.45) is 0 Å². The largest absolute Gasteiger partial charge is 0.371 e. The van der Waals surface area contributed by atoms with Gasteiger partial charge in [-0.05, 0) is 49.6 Å². The van der Waals surface area contributed by atoms with E-state index >= 15 is 0 Å². The third-order valence-electron chi connectivity index (χ3n) is 6.39. The van der Waals surface area contributed by atoms with Gasteiger partial charge in [-0.2, -0.15) is 0 Å². The molecule has 158 valence electrons. The Morgan fingerprint density at radius 2 is 1.68 bits per heavy atom. The zero-order valence-corrected chi connectivity index (χ0v) is 16.9. The minimum Gasteiger partial charge on any atom is -0.371 e. The summed E-state index contributed by atoms with van der Waals surface area (Å²) in [6.45, 7) is 1.66. The molecule has 8 nitrogen and oxygen atoms in total. The Labute approximate surface area is 179 Å². The van der Waals surface area contributed by atoms with Crippen LogP contribution in [-0.2, 0) is 9.59 Å². The van der Waals surface area contributed by atoms with Crippen molar-refractivity contribution in [3.63, 3.8) is 0 Å². The Morgan fingerprint density at radius 3 is 2.39 bits per heavy atom. The Morgan fingerprint density at radius 1 is 0.903 bits per heavy atom. The fourth-order valence-electron chi connectivity index (χ4n) is 4.71. The van der Waals surface area contributed by atoms with E-state index in [4.69, 9.17) is 0 Å². The van der Waals surface area contributed by atoms with E-state index in [-0.39, 0.29) is 18.7 Å². The first-order chi connectivity index (χ1) is 15.0. The van der Waals surface area contributed by atoms with E-state index in [1.54, 1.807) is 12.1 Å². The van der Waals surface area contributed by atoms with Crippen LogP contribution in [0.5, 0.6) is 0 Å². The van der Waals surface area contributed by atoms with Crippen molar-refractivity contribution in [3.05, 3.63) is 59.4 Å². The van der Waals surface area contributed by atoms with Crippen molar-refractivity contribution in [3.8, 4) is 0 Å². The molecule has 0 bridgehead atoms. The predicted octanol–water partition coefficient (Wildman–Crippen LogP) is 1.87. The van der Waals surface area contributed by atoms with Gasteiger partial charge in [0.2, 0.25) is 11.8 Å². The molecule has 8 heteroatoms. The Kier molecular flexibility index (Phi) is 4.77. The first kappa shape index (κ1) is 19.4. The maximum absolute atomic E-state index is 13.0. The number of benzene rings is 1. The van der Waals surface area contributed by atoms with Crippen molar-refractivity contribution in [2.45, 2.75) is 37.6 Å². The average molecular weight is 418 g/mol. The molecule has 3 aliphatic rings. The summed E-state index contributed by atoms with van der Waals surface area (Å²) >= 11 is 0. The van der Waals surface area contributed by atoms with Crippen molar-refractivity contribution in [2.75, 3.05) is 18.0 Å². The van der Waals surface area contributed by atoms with Gasteiger partial charge in [-0.3, -0.25) is 34.4 Å². The van der Waals surface area contributed by atoms with Gasteiger partial charge in [0.15, 0.2) is 0 Å². The number of pyridine rings is 1. The maximum Gasteiger partial charge on any atom is 0.262 e. The second-order valence-corrected chi connectivity index (χ2v) is 8.19. The van der Waals surface area contributed by atoms with Gasteiger partial charge in [0.25, 0.3) is 11.8 Å². The average Bonchev–Trinajstić information content (AvgIpc) is 3.04. The van der Waals surface area contributed by atoms with Crippen LogP contribution in [0.25, 0.3) is 0 Å². The molecule has 0 radical (unpaired) electrons. The highest BCUT2D eigenvalue weighted by atomic mass is 16.2. The van der Waals surface area contributed by atoms with Crippen LogP contribution in [0.4, 0.5) is 5.69 Å². The third kappa shape index (κ3) is 3.37. The number of amides is 4. The summed E-state index contributed by atoms with van der Waals surface area (Å²) < 4.78 is 0. The molecule has 1 aromatic heterocycles. The van der Waals surface area contributed by atoms with Crippen molar-refractivity contribution < 1.29 is 19.2 Å². The van der Waals surface area contributed by atoms with E-state index in [0.717, 1.165) is 42.2 Å². The van der Waals surface area contributed by atoms with E-state index in [2.05, 4.69) is 21.3 Å². The number of anilines is 1. The van der Waals surface area contributed by atoms with Gasteiger partial charge in [0.1, 0.15) is 6.04 Å². The van der Waals surface area contributed by atoms with Crippen LogP contribution < -0.4 is 10.2 Å². The fourth-order valence-corrected chi connectivity index (χ4v) is 4.71. The highest BCUT2D eigenvalue weighted by Gasteiger charge is 2.44. The molecule has 1 aromatic carbocycles. The molecule has 1 atom stereocenters. The van der Waals surface area contributed by atoms with Crippen molar-refractivity contribution in [1.82, 2.24) is 15.2 Å². The topological polar surface area (TPSA) is 99.7 Å². The molecule has 4 heterocycles. The van der Waals surface area contributed by atoms with Crippen LogP contribution in [0.1, 0.15) is 58.0 Å². The van der Waals surface area contributed by atoms with E-state index in [1.807, 2.05) is 24.4 Å². The molecule has 2 saturated heterocycles. The maximum atomic E-state index is 13.0. The van der Waals surface area contributed by atoms with Crippen LogP contribution in [-0.4, -0.2) is 52.6 Å². The molecule has 3 aliphatic heterocycles. The Balaban J connectivity index is 1.33. The number of aromatic nitrogens is 1. The number of rotatable bonds is 3. The van der Waals surface area contributed by atoms with Gasteiger partial charge < -0.3 is 4.90 Å². The van der Waals surface area contributed by atoms with E-state index < -0.39 is 23.8 Å². The summed E-state index contributed by atoms with van der Waals surface area (Å²) in [5.74, 6) is -1.51. The monoisotopic (exact) mass is 418 g/mol. The van der Waals surface area contributed by atoms with Crippen molar-refractivity contribution >= 4 is 29.3 Å². The lowest BCUT2D eigenvalue weighted by Crippen LogP contribution is -2.54. The molecular weight excluding hydrogens is 396 g/mol. The number of fused-ring (bicyclic) bond motifs is 1. The summed E-state index contributed by atoms with van der Waals surface area (Å²) in [5, 5.41) is 2.22. The predicted molar refractivity (Wildman–Crippen MR) is 112 cm³/mol. The molecular formula is C23H22N4O4. The number of hydrogen-bond donors (Lipinski definition) is 1. The molecule has 5 rings (SSSR count). The zero-order chi connectivity index (χ0) is 21.5. The summed E-state index contributed by atoms with van der Waals surface area (Å²) in [6, 6.07) is 10.3. The van der Waals surface area contributed by atoms with Crippen molar-refractivity contribution in [1.29, 1.82) is 0 Å². The van der Waals surface area contributed by atoms with Gasteiger partial charge >= 0.3 is 0 Å². The minimum atomic E-state index is -0.942. The van der Waals surface area contributed by atoms with Crippen LogP contribution in [0.15, 0.2) is 42.6 Å². The van der Waals surface area contributed by atoms with E-state index in [9.17, 15) is 19.2 Å². The second kappa shape index (κ2) is 7.61. The SMILES string of the molecule is O=C1CCC(N2C(=O)c3ccc(N4CCC(c5ccccn5)CC4)cc3C2=O)C(=O)N1. The molecule has 0 saturated carbocycles. The molecule has 0 spiro atoms. The van der Waals surface area contributed by atoms with Gasteiger partial charge in [-0.25, -0.2) is 0 Å². The first-order valence-corrected chi connectivity index (χ1v) is 10.5. The number of carbonyl (C=O) groups excluding carboxylic acids is 4. The number of piperidine rings is 2. The summed E-state index contributed by atoms with van der Waals surface area (Å²) in [4.78, 5) is 57.2. The zero-order valence-electron chi connectivity index (χ0n) is 16.9. The van der Waals surface area contributed by atoms with Crippen LogP contribution in [0.2, 0.25) is 0 Å². The number of nitrogens with zero attached hydrogens (tertiary/aromatic N) is 3. The lowest BCUT2D eigenvalue weighted by Gasteiger charge is -2.33. The number of hydrogen-bond acceptors (Lipinski definition) is 6. The molecule has 4 amide bonds. The van der Waals surface area contributed by atoms with Gasteiger partial charge in [-0.15, -0.1) is 0 Å². The molecule has 2 fully saturated rings. The number of imide groups is 2. The quantitative estimate of drug-likeness (QED) is 0.764. The lowest BCUT2D eigenvalue weighted by atomic mass is 9.92. The highest BCUT2D eigenvalue weighted by Crippen LogP contribution is 2.33. The molecule has 31 heavy (non-hydrogen) atoms. The lowest BCUT2D eigenvalue weighted by molar-refractivity contribution is -0.136. The minimum absolute atomic E-state index is 0.111. The van der Waals surface area contributed by atoms with E-state index in [1.165, 1.54) is 0 Å². The molecule has 2 aromatic rings. The third-order valence-corrected chi connectivity index (χ3v) is 6.39. The number of carbonyl (C=O) groups is 4. The molecule has 1 unspecified atom stereocenters. The van der Waals surface area contributed by atoms with Crippen LogP contribution in [0.3, 0.4) is 0 Å². The highest BCUT2D eigenvalue weighted by molar-refractivity contribution is 6.23. The Bertz CT molecular complexity index is 1080. The normalized spacial score (nSPS) is 22.0. The van der Waals surface area contributed by atoms with Gasteiger partial charge in [0.05, 0.1) is 11.1 Å². The van der Waals surface area contributed by atoms with Crippen LogP contribution >= 0.6 is 0 Å². The summed E-state index contributed by atoms with van der Waals surface area (Å²) in [7, 11) is 0. The summed E-state index contributed by atoms with van der Waals surface area (Å²) in [6.07, 6.45) is 4.01. The smallest absolute Gasteiger partial charge is 0.262 e. The molecule has 1 N–H and O–H groups in total. The molecule has 0 aliphatic carbocycles. The van der Waals surface area contributed by atoms with Gasteiger partial charge in [-0.1, -0.05) is 6.07 Å². The number of nitrogens with one attached hydrogen (secondary N) is 1. The first-order valence-electron chi connectivity index (χ1n) is 10.5. The van der Waals surface area contributed by atoms with Gasteiger partial charge in [0, 0.05) is 43.0 Å². The van der Waals surface area contributed by atoms with E-state index in [0.29, 0.717) is 17.0 Å². The summed E-state index contributed by atoms with van der Waals surface area (Å²) in [5.41, 5.74) is 2.63. The Hall–Kier alpha value is -3.55. The van der Waals surface area contributed by atoms with Crippen LogP contribution in [0, 0.1) is 0 Å². The fraction of sp³-hybridized carbons (Fsp3) is 0.348.